The summed E-state index contributed by atoms with van der Waals surface area (Å²) in [4.78, 5) is 0. The van der Waals surface area contributed by atoms with Gasteiger partial charge in [-0.1, -0.05) is 31.5 Å². The zero-order valence-corrected chi connectivity index (χ0v) is 10.2. The van der Waals surface area contributed by atoms with E-state index in [0.717, 1.165) is 38.0 Å². The zero-order valence-electron chi connectivity index (χ0n) is 10.2. The molecule has 90 valence electrons. The molecule has 0 radical (unpaired) electrons. The maximum atomic E-state index is 5.94. The Kier molecular flexibility index (Phi) is 6.66. The molecule has 0 saturated carbocycles. The van der Waals surface area contributed by atoms with Gasteiger partial charge in [0.05, 0.1) is 6.61 Å². The highest BCUT2D eigenvalue weighted by Gasteiger charge is 2.00. The fourth-order valence-electron chi connectivity index (χ4n) is 1.73. The molecule has 0 aliphatic carbocycles. The van der Waals surface area contributed by atoms with E-state index >= 15 is 0 Å². The van der Waals surface area contributed by atoms with Gasteiger partial charge in [-0.15, -0.1) is 0 Å². The Morgan fingerprint density at radius 3 is 2.56 bits per heavy atom. The molecule has 0 fully saturated rings. The lowest BCUT2D eigenvalue weighted by Gasteiger charge is -2.10. The third-order valence-electron chi connectivity index (χ3n) is 2.64. The van der Waals surface area contributed by atoms with Gasteiger partial charge >= 0.3 is 0 Å². The van der Waals surface area contributed by atoms with Gasteiger partial charge in [-0.2, -0.15) is 0 Å². The van der Waals surface area contributed by atoms with Gasteiger partial charge in [0.1, 0.15) is 5.75 Å². The highest BCUT2D eigenvalue weighted by Crippen LogP contribution is 2.10. The Morgan fingerprint density at radius 2 is 1.88 bits per heavy atom. The second-order valence-corrected chi connectivity index (χ2v) is 4.21. The monoisotopic (exact) mass is 221 g/mol. The Labute approximate surface area is 98.8 Å². The molecule has 1 aromatic carbocycles. The van der Waals surface area contributed by atoms with Crippen LogP contribution in [-0.4, -0.2) is 12.6 Å². The van der Waals surface area contributed by atoms with E-state index in [2.05, 4.69) is 6.92 Å². The molecule has 2 heteroatoms. The molecule has 1 atom stereocenters. The van der Waals surface area contributed by atoms with Crippen LogP contribution in [-0.2, 0) is 0 Å². The second-order valence-electron chi connectivity index (χ2n) is 4.21. The van der Waals surface area contributed by atoms with E-state index in [1.54, 1.807) is 0 Å². The Bertz CT molecular complexity index is 261. The number of hydrogen-bond donors (Lipinski definition) is 1. The highest BCUT2D eigenvalue weighted by molar-refractivity contribution is 5.20. The summed E-state index contributed by atoms with van der Waals surface area (Å²) in [6.45, 7) is 2.97. The van der Waals surface area contributed by atoms with Crippen LogP contribution in [0.1, 0.15) is 39.0 Å². The lowest BCUT2D eigenvalue weighted by Crippen LogP contribution is -2.19. The first kappa shape index (κ1) is 13.0. The van der Waals surface area contributed by atoms with Gasteiger partial charge in [0.2, 0.25) is 0 Å². The van der Waals surface area contributed by atoms with E-state index in [9.17, 15) is 0 Å². The molecule has 0 aliphatic heterocycles. The van der Waals surface area contributed by atoms with Crippen LogP contribution in [0.4, 0.5) is 0 Å². The lowest BCUT2D eigenvalue weighted by molar-refractivity contribution is 0.302. The normalized spacial score (nSPS) is 12.4. The minimum absolute atomic E-state index is 0.377. The maximum Gasteiger partial charge on any atom is 0.119 e. The predicted molar refractivity (Wildman–Crippen MR) is 68.7 cm³/mol. The van der Waals surface area contributed by atoms with E-state index in [1.165, 1.54) is 6.42 Å². The van der Waals surface area contributed by atoms with Crippen LogP contribution < -0.4 is 10.5 Å². The van der Waals surface area contributed by atoms with E-state index in [0.29, 0.717) is 6.04 Å². The topological polar surface area (TPSA) is 35.2 Å². The number of rotatable bonds is 8. The Balaban J connectivity index is 2.00. The van der Waals surface area contributed by atoms with E-state index in [4.69, 9.17) is 10.5 Å². The van der Waals surface area contributed by atoms with Gasteiger partial charge in [0, 0.05) is 6.04 Å². The first-order valence-electron chi connectivity index (χ1n) is 6.26. The smallest absolute Gasteiger partial charge is 0.119 e. The van der Waals surface area contributed by atoms with E-state index in [1.807, 2.05) is 30.3 Å². The summed E-state index contributed by atoms with van der Waals surface area (Å²) in [5.41, 5.74) is 5.94. The third-order valence-corrected chi connectivity index (χ3v) is 2.64. The minimum Gasteiger partial charge on any atom is -0.494 e. The molecular weight excluding hydrogens is 198 g/mol. The van der Waals surface area contributed by atoms with Crippen LogP contribution in [0.15, 0.2) is 30.3 Å². The van der Waals surface area contributed by atoms with Crippen LogP contribution in [0, 0.1) is 0 Å². The zero-order chi connectivity index (χ0) is 11.6. The molecule has 0 heterocycles. The van der Waals surface area contributed by atoms with Crippen molar-refractivity contribution in [3.8, 4) is 5.75 Å². The fourth-order valence-corrected chi connectivity index (χ4v) is 1.73. The lowest BCUT2D eigenvalue weighted by atomic mass is 10.1. The van der Waals surface area contributed by atoms with E-state index in [-0.39, 0.29) is 0 Å². The number of ether oxygens (including phenoxy) is 1. The van der Waals surface area contributed by atoms with Gasteiger partial charge in [-0.25, -0.2) is 0 Å². The first-order valence-corrected chi connectivity index (χ1v) is 6.26. The number of nitrogens with two attached hydrogens (primary N) is 1. The van der Waals surface area contributed by atoms with E-state index < -0.39 is 0 Å². The van der Waals surface area contributed by atoms with Crippen molar-refractivity contribution < 1.29 is 4.74 Å². The van der Waals surface area contributed by atoms with Crippen molar-refractivity contribution in [2.45, 2.75) is 45.1 Å². The molecule has 16 heavy (non-hydrogen) atoms. The summed E-state index contributed by atoms with van der Waals surface area (Å²) >= 11 is 0. The Morgan fingerprint density at radius 1 is 1.12 bits per heavy atom. The molecule has 1 rings (SSSR count). The molecule has 1 aromatic rings. The van der Waals surface area contributed by atoms with Crippen molar-refractivity contribution in [1.82, 2.24) is 0 Å². The largest absolute Gasteiger partial charge is 0.494 e. The molecule has 0 amide bonds. The van der Waals surface area contributed by atoms with Gasteiger partial charge in [-0.3, -0.25) is 0 Å². The van der Waals surface area contributed by atoms with Crippen molar-refractivity contribution in [3.05, 3.63) is 30.3 Å². The summed E-state index contributed by atoms with van der Waals surface area (Å²) in [6.07, 6.45) is 5.69. The standard InChI is InChI=1S/C14H23NO/c1-2-8-13(15)9-6-7-12-16-14-10-4-3-5-11-14/h3-5,10-11,13H,2,6-9,12,15H2,1H3. The van der Waals surface area contributed by atoms with Gasteiger partial charge < -0.3 is 10.5 Å². The predicted octanol–water partition coefficient (Wildman–Crippen LogP) is 3.36. The van der Waals surface area contributed by atoms with Crippen molar-refractivity contribution in [2.24, 2.45) is 5.73 Å². The van der Waals surface area contributed by atoms with Crippen LogP contribution >= 0.6 is 0 Å². The molecule has 2 N–H and O–H groups in total. The van der Waals surface area contributed by atoms with Crippen LogP contribution in [0.2, 0.25) is 0 Å². The molecule has 1 unspecified atom stereocenters. The molecular formula is C14H23NO. The molecule has 2 nitrogen and oxygen atoms in total. The number of hydrogen-bond acceptors (Lipinski definition) is 2. The molecule has 0 aromatic heterocycles. The minimum atomic E-state index is 0.377. The molecule has 0 spiro atoms. The highest BCUT2D eigenvalue weighted by atomic mass is 16.5. The van der Waals surface area contributed by atoms with Gasteiger partial charge in [0.15, 0.2) is 0 Å². The summed E-state index contributed by atoms with van der Waals surface area (Å²) in [6, 6.07) is 10.3. The average Bonchev–Trinajstić information content (AvgIpc) is 2.30. The van der Waals surface area contributed by atoms with Crippen molar-refractivity contribution in [3.63, 3.8) is 0 Å². The first-order chi connectivity index (χ1) is 7.83. The summed E-state index contributed by atoms with van der Waals surface area (Å²) < 4.78 is 5.61. The van der Waals surface area contributed by atoms with Gasteiger partial charge in [-0.05, 0) is 37.8 Å². The Hall–Kier alpha value is -1.02. The van der Waals surface area contributed by atoms with Crippen molar-refractivity contribution >= 4 is 0 Å². The summed E-state index contributed by atoms with van der Waals surface area (Å²) in [5, 5.41) is 0. The number of benzene rings is 1. The second kappa shape index (κ2) is 8.17. The molecule has 0 aliphatic rings. The summed E-state index contributed by atoms with van der Waals surface area (Å²) in [5.74, 6) is 0.959. The van der Waals surface area contributed by atoms with Gasteiger partial charge in [0.25, 0.3) is 0 Å². The van der Waals surface area contributed by atoms with Crippen molar-refractivity contribution in [1.29, 1.82) is 0 Å². The van der Waals surface area contributed by atoms with Crippen molar-refractivity contribution in [2.75, 3.05) is 6.61 Å². The fraction of sp³-hybridized carbons (Fsp3) is 0.571. The quantitative estimate of drug-likeness (QED) is 0.683. The SMILES string of the molecule is CCCC(N)CCCCOc1ccccc1. The molecule has 0 bridgehead atoms. The number of unbranched alkanes of at least 4 members (excludes halogenated alkanes) is 1. The summed E-state index contributed by atoms with van der Waals surface area (Å²) in [7, 11) is 0. The molecule has 0 saturated heterocycles. The third kappa shape index (κ3) is 5.76. The van der Waals surface area contributed by atoms with Crippen LogP contribution in [0.5, 0.6) is 5.75 Å². The maximum absolute atomic E-state index is 5.94. The average molecular weight is 221 g/mol. The van der Waals surface area contributed by atoms with Crippen LogP contribution in [0.25, 0.3) is 0 Å². The number of para-hydroxylation sites is 1. The van der Waals surface area contributed by atoms with Crippen LogP contribution in [0.3, 0.4) is 0 Å².